The van der Waals surface area contributed by atoms with Crippen LogP contribution in [0.1, 0.15) is 66.5 Å². The molecule has 1 saturated heterocycles. The Kier molecular flexibility index (Phi) is 5.60. The summed E-state index contributed by atoms with van der Waals surface area (Å²) in [5, 5.41) is 20.9. The Labute approximate surface area is 190 Å². The molecule has 0 amide bonds. The predicted octanol–water partition coefficient (Wildman–Crippen LogP) is 6.36. The number of carbonyl (C=O) groups is 1. The second kappa shape index (κ2) is 8.45. The number of halogens is 2. The molecule has 7 heteroatoms. The molecule has 0 spiro atoms. The molecule has 5 rings (SSSR count). The number of carboxylic acid groups (broad SMARTS) is 1. The first-order valence-electron chi connectivity index (χ1n) is 11.5. The zero-order valence-corrected chi connectivity index (χ0v) is 18.3. The second-order valence-electron chi connectivity index (χ2n) is 9.16. The Morgan fingerprint density at radius 1 is 1.00 bits per heavy atom. The van der Waals surface area contributed by atoms with Gasteiger partial charge < -0.3 is 19.5 Å². The lowest BCUT2D eigenvalue weighted by molar-refractivity contribution is -0.0439. The molecule has 2 heterocycles. The minimum atomic E-state index is -2.63. The largest absolute Gasteiger partial charge is 0.507 e. The van der Waals surface area contributed by atoms with Crippen LogP contribution in [0.15, 0.2) is 42.5 Å². The van der Waals surface area contributed by atoms with Crippen molar-refractivity contribution in [3.05, 3.63) is 53.7 Å². The molecule has 5 nitrogen and oxygen atoms in total. The van der Waals surface area contributed by atoms with Crippen molar-refractivity contribution in [2.75, 3.05) is 13.2 Å². The van der Waals surface area contributed by atoms with Gasteiger partial charge in [-0.2, -0.15) is 0 Å². The van der Waals surface area contributed by atoms with Crippen LogP contribution in [0.25, 0.3) is 22.0 Å². The lowest BCUT2D eigenvalue weighted by atomic mass is 9.88. The van der Waals surface area contributed by atoms with Gasteiger partial charge in [-0.25, -0.2) is 13.6 Å². The van der Waals surface area contributed by atoms with Crippen molar-refractivity contribution in [3.8, 4) is 16.9 Å². The number of alkyl halides is 2. The molecule has 2 fully saturated rings. The Morgan fingerprint density at radius 2 is 1.67 bits per heavy atom. The number of aromatic nitrogens is 1. The molecule has 2 N–H and O–H groups in total. The molecular weight excluding hydrogens is 428 g/mol. The summed E-state index contributed by atoms with van der Waals surface area (Å²) in [6, 6.07) is 12.0. The minimum Gasteiger partial charge on any atom is -0.507 e. The van der Waals surface area contributed by atoms with Crippen molar-refractivity contribution < 1.29 is 28.5 Å². The van der Waals surface area contributed by atoms with Crippen LogP contribution in [-0.4, -0.2) is 39.9 Å². The van der Waals surface area contributed by atoms with E-state index in [1.165, 1.54) is 0 Å². The van der Waals surface area contributed by atoms with Crippen molar-refractivity contribution in [1.82, 2.24) is 4.57 Å². The van der Waals surface area contributed by atoms with E-state index in [4.69, 9.17) is 4.74 Å². The number of hydrogen-bond acceptors (Lipinski definition) is 3. The lowest BCUT2D eigenvalue weighted by Gasteiger charge is -2.33. The molecule has 2 aromatic carbocycles. The summed E-state index contributed by atoms with van der Waals surface area (Å²) in [5.74, 6) is -3.34. The van der Waals surface area contributed by atoms with E-state index >= 15 is 0 Å². The predicted molar refractivity (Wildman–Crippen MR) is 121 cm³/mol. The number of fused-ring (bicyclic) bond motifs is 1. The van der Waals surface area contributed by atoms with Crippen LogP contribution < -0.4 is 0 Å². The van der Waals surface area contributed by atoms with E-state index in [0.29, 0.717) is 31.4 Å². The summed E-state index contributed by atoms with van der Waals surface area (Å²) in [4.78, 5) is 11.4. The van der Waals surface area contributed by atoms with Crippen LogP contribution in [-0.2, 0) is 4.74 Å². The Balaban J connectivity index is 1.75. The van der Waals surface area contributed by atoms with Gasteiger partial charge in [-0.05, 0) is 55.5 Å². The highest BCUT2D eigenvalue weighted by Crippen LogP contribution is 2.49. The SMILES string of the molecule is O=C(O)c1ccc(-c2c(C3CCOCC3)n(C3CCC(F)(F)CC3)c3cccc(O)c23)cc1. The quantitative estimate of drug-likeness (QED) is 0.480. The van der Waals surface area contributed by atoms with Gasteiger partial charge in [0.2, 0.25) is 5.92 Å². The molecule has 3 aromatic rings. The maximum Gasteiger partial charge on any atom is 0.335 e. The average molecular weight is 456 g/mol. The monoisotopic (exact) mass is 455 g/mol. The molecule has 0 unspecified atom stereocenters. The van der Waals surface area contributed by atoms with Gasteiger partial charge in [-0.1, -0.05) is 18.2 Å². The molecule has 0 atom stereocenters. The van der Waals surface area contributed by atoms with E-state index < -0.39 is 11.9 Å². The van der Waals surface area contributed by atoms with Crippen LogP contribution in [0.3, 0.4) is 0 Å². The van der Waals surface area contributed by atoms with Crippen LogP contribution >= 0.6 is 0 Å². The fourth-order valence-electron chi connectivity index (χ4n) is 5.48. The van der Waals surface area contributed by atoms with Gasteiger partial charge in [-0.3, -0.25) is 0 Å². The van der Waals surface area contributed by atoms with Gasteiger partial charge in [0, 0.05) is 54.7 Å². The molecule has 0 bridgehead atoms. The average Bonchev–Trinajstić information content (AvgIpc) is 3.16. The van der Waals surface area contributed by atoms with E-state index in [-0.39, 0.29) is 36.1 Å². The topological polar surface area (TPSA) is 71.7 Å². The molecular formula is C26H27F2NO4. The Hall–Kier alpha value is -2.93. The van der Waals surface area contributed by atoms with E-state index in [0.717, 1.165) is 35.2 Å². The molecule has 2 aliphatic rings. The number of benzene rings is 2. The highest BCUT2D eigenvalue weighted by atomic mass is 19.3. The number of hydrogen-bond donors (Lipinski definition) is 2. The van der Waals surface area contributed by atoms with Gasteiger partial charge in [0.25, 0.3) is 0 Å². The molecule has 0 radical (unpaired) electrons. The second-order valence-corrected chi connectivity index (χ2v) is 9.16. The fraction of sp³-hybridized carbons (Fsp3) is 0.423. The van der Waals surface area contributed by atoms with Crippen molar-refractivity contribution >= 4 is 16.9 Å². The van der Waals surface area contributed by atoms with E-state index in [1.807, 2.05) is 6.07 Å². The number of phenols is 1. The molecule has 1 aliphatic heterocycles. The normalized spacial score (nSPS) is 19.7. The van der Waals surface area contributed by atoms with Crippen LogP contribution in [0.4, 0.5) is 8.78 Å². The zero-order chi connectivity index (χ0) is 23.2. The fourth-order valence-corrected chi connectivity index (χ4v) is 5.48. The summed E-state index contributed by atoms with van der Waals surface area (Å²) in [5.41, 5.74) is 3.74. The van der Waals surface area contributed by atoms with Crippen molar-refractivity contribution in [1.29, 1.82) is 0 Å². The molecule has 174 valence electrons. The van der Waals surface area contributed by atoms with E-state index in [1.54, 1.807) is 36.4 Å². The number of aromatic hydroxyl groups is 1. The van der Waals surface area contributed by atoms with Gasteiger partial charge in [0.1, 0.15) is 5.75 Å². The first-order chi connectivity index (χ1) is 15.9. The van der Waals surface area contributed by atoms with Gasteiger partial charge in [-0.15, -0.1) is 0 Å². The number of ether oxygens (including phenoxy) is 1. The van der Waals surface area contributed by atoms with E-state index in [9.17, 15) is 23.8 Å². The number of rotatable bonds is 4. The van der Waals surface area contributed by atoms with E-state index in [2.05, 4.69) is 4.57 Å². The number of phenolic OH excluding ortho intramolecular Hbond substituents is 1. The summed E-state index contributed by atoms with van der Waals surface area (Å²) in [7, 11) is 0. The third kappa shape index (κ3) is 3.99. The summed E-state index contributed by atoms with van der Waals surface area (Å²) in [6.45, 7) is 1.25. The lowest BCUT2D eigenvalue weighted by Crippen LogP contribution is -2.28. The highest BCUT2D eigenvalue weighted by Gasteiger charge is 2.38. The maximum absolute atomic E-state index is 14.0. The molecule has 1 saturated carbocycles. The minimum absolute atomic E-state index is 0.0844. The first-order valence-corrected chi connectivity index (χ1v) is 11.5. The van der Waals surface area contributed by atoms with Crippen LogP contribution in [0.2, 0.25) is 0 Å². The standard InChI is InChI=1S/C26H27F2NO4/c27-26(28)12-8-19(9-13-26)29-20-2-1-3-21(30)23(20)22(24(29)17-10-14-33-15-11-17)16-4-6-18(7-5-16)25(31)32/h1-7,17,19,30H,8-15H2,(H,31,32). The van der Waals surface area contributed by atoms with Crippen molar-refractivity contribution in [2.45, 2.75) is 56.4 Å². The number of aromatic carboxylic acids is 1. The molecule has 1 aliphatic carbocycles. The van der Waals surface area contributed by atoms with Crippen LogP contribution in [0.5, 0.6) is 5.75 Å². The van der Waals surface area contributed by atoms with Crippen molar-refractivity contribution in [2.24, 2.45) is 0 Å². The summed E-state index contributed by atoms with van der Waals surface area (Å²) >= 11 is 0. The third-order valence-electron chi connectivity index (χ3n) is 7.13. The third-order valence-corrected chi connectivity index (χ3v) is 7.13. The Bertz CT molecular complexity index is 1170. The Morgan fingerprint density at radius 3 is 2.30 bits per heavy atom. The maximum atomic E-state index is 14.0. The smallest absolute Gasteiger partial charge is 0.335 e. The van der Waals surface area contributed by atoms with Crippen LogP contribution in [0, 0.1) is 0 Å². The van der Waals surface area contributed by atoms with Crippen molar-refractivity contribution in [3.63, 3.8) is 0 Å². The van der Waals surface area contributed by atoms with Gasteiger partial charge in [0.05, 0.1) is 11.1 Å². The van der Waals surface area contributed by atoms with Gasteiger partial charge >= 0.3 is 5.97 Å². The summed E-state index contributed by atoms with van der Waals surface area (Å²) < 4.78 is 35.8. The molecule has 1 aromatic heterocycles. The zero-order valence-electron chi connectivity index (χ0n) is 18.3. The summed E-state index contributed by atoms with van der Waals surface area (Å²) in [6.07, 6.45) is 2.07. The van der Waals surface area contributed by atoms with Gasteiger partial charge in [0.15, 0.2) is 0 Å². The number of nitrogens with zero attached hydrogens (tertiary/aromatic N) is 1. The first kappa shape index (κ1) is 21.9. The highest BCUT2D eigenvalue weighted by molar-refractivity contribution is 6.03. The molecule has 33 heavy (non-hydrogen) atoms. The number of carboxylic acids is 1.